The van der Waals surface area contributed by atoms with E-state index in [4.69, 9.17) is 4.74 Å². The van der Waals surface area contributed by atoms with Gasteiger partial charge in [0, 0.05) is 18.0 Å². The molecular formula is C18H15F3N6O. The first-order chi connectivity index (χ1) is 13.3. The van der Waals surface area contributed by atoms with E-state index in [1.165, 1.54) is 19.2 Å². The number of imidazole rings is 1. The number of alkyl halides is 3. The largest absolute Gasteiger partial charge is 0.494 e. The summed E-state index contributed by atoms with van der Waals surface area (Å²) in [6, 6.07) is 8.97. The maximum absolute atomic E-state index is 13.1. The normalized spacial score (nSPS) is 11.8. The summed E-state index contributed by atoms with van der Waals surface area (Å²) in [6.45, 7) is 1.88. The van der Waals surface area contributed by atoms with Gasteiger partial charge in [0.2, 0.25) is 5.95 Å². The van der Waals surface area contributed by atoms with Gasteiger partial charge in [-0.25, -0.2) is 9.50 Å². The zero-order valence-electron chi connectivity index (χ0n) is 14.9. The van der Waals surface area contributed by atoms with Crippen molar-refractivity contribution in [2.75, 3.05) is 12.4 Å². The van der Waals surface area contributed by atoms with Crippen LogP contribution in [0, 0.1) is 6.92 Å². The van der Waals surface area contributed by atoms with Crippen molar-refractivity contribution in [2.24, 2.45) is 0 Å². The van der Waals surface area contributed by atoms with Crippen molar-refractivity contribution in [2.45, 2.75) is 13.1 Å². The number of nitrogens with one attached hydrogen (secondary N) is 1. The number of hydrogen-bond acceptors (Lipinski definition) is 5. The van der Waals surface area contributed by atoms with E-state index in [0.717, 1.165) is 22.0 Å². The van der Waals surface area contributed by atoms with Gasteiger partial charge in [0.1, 0.15) is 11.4 Å². The van der Waals surface area contributed by atoms with Crippen LogP contribution in [-0.4, -0.2) is 31.3 Å². The first-order valence-corrected chi connectivity index (χ1v) is 8.24. The number of rotatable bonds is 4. The molecule has 3 aromatic heterocycles. The second-order valence-electron chi connectivity index (χ2n) is 6.05. The van der Waals surface area contributed by atoms with Gasteiger partial charge < -0.3 is 14.6 Å². The Morgan fingerprint density at radius 1 is 1.14 bits per heavy atom. The van der Waals surface area contributed by atoms with E-state index in [2.05, 4.69) is 20.4 Å². The first kappa shape index (κ1) is 17.8. The van der Waals surface area contributed by atoms with Crippen molar-refractivity contribution < 1.29 is 17.9 Å². The number of ether oxygens (including phenoxy) is 1. The van der Waals surface area contributed by atoms with Crippen LogP contribution >= 0.6 is 0 Å². The van der Waals surface area contributed by atoms with Crippen LogP contribution in [0.5, 0.6) is 5.75 Å². The Morgan fingerprint density at radius 2 is 1.96 bits per heavy atom. The molecule has 1 aromatic carbocycles. The molecule has 0 fully saturated rings. The number of halogens is 3. The molecule has 4 aromatic rings. The Kier molecular flexibility index (Phi) is 4.17. The molecule has 0 atom stereocenters. The summed E-state index contributed by atoms with van der Waals surface area (Å²) in [5, 5.41) is 6.85. The Bertz CT molecular complexity index is 1150. The van der Waals surface area contributed by atoms with Gasteiger partial charge in [-0.2, -0.15) is 18.2 Å². The number of fused-ring (bicyclic) bond motifs is 1. The van der Waals surface area contributed by atoms with Gasteiger partial charge in [-0.15, -0.1) is 5.10 Å². The number of benzene rings is 1. The third kappa shape index (κ3) is 3.24. The first-order valence-electron chi connectivity index (χ1n) is 8.24. The van der Waals surface area contributed by atoms with Crippen LogP contribution in [0.1, 0.15) is 11.4 Å². The molecule has 4 rings (SSSR count). The maximum Gasteiger partial charge on any atom is 0.433 e. The third-order valence-corrected chi connectivity index (χ3v) is 4.08. The van der Waals surface area contributed by atoms with E-state index >= 15 is 0 Å². The molecule has 0 unspecified atom stereocenters. The Labute approximate surface area is 157 Å². The lowest BCUT2D eigenvalue weighted by atomic mass is 10.2. The fourth-order valence-corrected chi connectivity index (χ4v) is 2.82. The molecule has 0 spiro atoms. The molecular weight excluding hydrogens is 373 g/mol. The Morgan fingerprint density at radius 3 is 2.64 bits per heavy atom. The number of aryl methyl sites for hydroxylation is 1. The SMILES string of the molecule is COc1cc(Nc2nc3cccc(C(F)(F)F)n3n2)ccc1-n1cnc(C)c1. The van der Waals surface area contributed by atoms with Crippen LogP contribution in [0.25, 0.3) is 11.3 Å². The van der Waals surface area contributed by atoms with Crippen molar-refractivity contribution in [3.8, 4) is 11.4 Å². The molecule has 7 nitrogen and oxygen atoms in total. The molecule has 0 radical (unpaired) electrons. The van der Waals surface area contributed by atoms with E-state index in [-0.39, 0.29) is 11.6 Å². The van der Waals surface area contributed by atoms with E-state index in [1.807, 2.05) is 17.7 Å². The Balaban J connectivity index is 1.68. The number of pyridine rings is 1. The van der Waals surface area contributed by atoms with Gasteiger partial charge in [0.05, 0.1) is 24.8 Å². The zero-order valence-corrected chi connectivity index (χ0v) is 14.9. The summed E-state index contributed by atoms with van der Waals surface area (Å²) in [5.41, 5.74) is 1.40. The summed E-state index contributed by atoms with van der Waals surface area (Å²) in [5.74, 6) is 0.604. The number of aromatic nitrogens is 5. The summed E-state index contributed by atoms with van der Waals surface area (Å²) in [6.07, 6.45) is -1.01. The minimum absolute atomic E-state index is 0.0463. The highest BCUT2D eigenvalue weighted by atomic mass is 19.4. The number of anilines is 2. The maximum atomic E-state index is 13.1. The summed E-state index contributed by atoms with van der Waals surface area (Å²) < 4.78 is 47.4. The molecule has 0 aliphatic rings. The van der Waals surface area contributed by atoms with Crippen LogP contribution in [0.15, 0.2) is 48.9 Å². The highest BCUT2D eigenvalue weighted by Crippen LogP contribution is 2.31. The fraction of sp³-hybridized carbons (Fsp3) is 0.167. The Hall–Kier alpha value is -3.56. The predicted octanol–water partition coefficient (Wildman–Crippen LogP) is 3.99. The monoisotopic (exact) mass is 388 g/mol. The minimum atomic E-state index is -4.53. The number of methoxy groups -OCH3 is 1. The van der Waals surface area contributed by atoms with Gasteiger partial charge in [0.25, 0.3) is 0 Å². The molecule has 0 aliphatic carbocycles. The standard InChI is InChI=1S/C18H15F3N6O/c1-11-9-26(10-22-11)13-7-6-12(8-14(13)28-2)23-17-24-16-5-3-4-15(18(19,20)21)27(16)25-17/h3-10H,1-2H3,(H,23,25). The zero-order chi connectivity index (χ0) is 19.9. The predicted molar refractivity (Wildman–Crippen MR) is 96.1 cm³/mol. The summed E-state index contributed by atoms with van der Waals surface area (Å²) >= 11 is 0. The smallest absolute Gasteiger partial charge is 0.433 e. The topological polar surface area (TPSA) is 69.3 Å². The van der Waals surface area contributed by atoms with Crippen molar-refractivity contribution in [1.82, 2.24) is 24.1 Å². The minimum Gasteiger partial charge on any atom is -0.494 e. The third-order valence-electron chi connectivity index (χ3n) is 4.08. The average Bonchev–Trinajstić information content (AvgIpc) is 3.25. The van der Waals surface area contributed by atoms with Gasteiger partial charge >= 0.3 is 6.18 Å². The molecule has 0 saturated carbocycles. The summed E-state index contributed by atoms with van der Waals surface area (Å²) in [4.78, 5) is 8.29. The van der Waals surface area contributed by atoms with Crippen LogP contribution in [0.3, 0.4) is 0 Å². The van der Waals surface area contributed by atoms with Crippen LogP contribution in [0.4, 0.5) is 24.8 Å². The lowest BCUT2D eigenvalue weighted by Crippen LogP contribution is -2.12. The molecule has 0 aliphatic heterocycles. The lowest BCUT2D eigenvalue weighted by molar-refractivity contribution is -0.142. The van der Waals surface area contributed by atoms with Gasteiger partial charge in [-0.1, -0.05) is 6.07 Å². The van der Waals surface area contributed by atoms with Crippen molar-refractivity contribution >= 4 is 17.3 Å². The second-order valence-corrected chi connectivity index (χ2v) is 6.05. The van der Waals surface area contributed by atoms with Gasteiger partial charge in [0.15, 0.2) is 5.65 Å². The molecule has 144 valence electrons. The van der Waals surface area contributed by atoms with Crippen molar-refractivity contribution in [3.05, 3.63) is 60.3 Å². The number of nitrogens with zero attached hydrogens (tertiary/aromatic N) is 5. The highest BCUT2D eigenvalue weighted by molar-refractivity contribution is 5.63. The molecule has 3 heterocycles. The van der Waals surface area contributed by atoms with E-state index in [0.29, 0.717) is 11.4 Å². The van der Waals surface area contributed by atoms with Crippen LogP contribution < -0.4 is 10.1 Å². The molecule has 0 amide bonds. The highest BCUT2D eigenvalue weighted by Gasteiger charge is 2.34. The van der Waals surface area contributed by atoms with Gasteiger partial charge in [-0.3, -0.25) is 0 Å². The molecule has 10 heteroatoms. The molecule has 1 N–H and O–H groups in total. The molecule has 0 saturated heterocycles. The van der Waals surface area contributed by atoms with E-state index in [9.17, 15) is 13.2 Å². The second kappa shape index (κ2) is 6.55. The average molecular weight is 388 g/mol. The van der Waals surface area contributed by atoms with E-state index in [1.54, 1.807) is 24.5 Å². The van der Waals surface area contributed by atoms with Gasteiger partial charge in [-0.05, 0) is 31.2 Å². The fourth-order valence-electron chi connectivity index (χ4n) is 2.82. The lowest BCUT2D eigenvalue weighted by Gasteiger charge is -2.11. The molecule has 28 heavy (non-hydrogen) atoms. The van der Waals surface area contributed by atoms with Crippen LogP contribution in [0.2, 0.25) is 0 Å². The molecule has 0 bridgehead atoms. The number of hydrogen-bond donors (Lipinski definition) is 1. The van der Waals surface area contributed by atoms with Crippen molar-refractivity contribution in [1.29, 1.82) is 0 Å². The van der Waals surface area contributed by atoms with Crippen LogP contribution in [-0.2, 0) is 6.18 Å². The van der Waals surface area contributed by atoms with E-state index < -0.39 is 11.9 Å². The quantitative estimate of drug-likeness (QED) is 0.572. The van der Waals surface area contributed by atoms with Crippen molar-refractivity contribution in [3.63, 3.8) is 0 Å². The summed E-state index contributed by atoms with van der Waals surface area (Å²) in [7, 11) is 1.53.